The van der Waals surface area contributed by atoms with Crippen LogP contribution in [0.5, 0.6) is 0 Å². The first-order chi connectivity index (χ1) is 14.5. The van der Waals surface area contributed by atoms with Gasteiger partial charge in [-0.3, -0.25) is 14.3 Å². The first kappa shape index (κ1) is 18.3. The summed E-state index contributed by atoms with van der Waals surface area (Å²) in [6.45, 7) is 2.44. The predicted molar refractivity (Wildman–Crippen MR) is 110 cm³/mol. The van der Waals surface area contributed by atoms with Crippen LogP contribution in [0.1, 0.15) is 41.6 Å². The molecule has 0 bridgehead atoms. The third-order valence-corrected chi connectivity index (χ3v) is 6.04. The second-order valence-electron chi connectivity index (χ2n) is 6.89. The van der Waals surface area contributed by atoms with Crippen LogP contribution in [0.25, 0.3) is 10.2 Å². The largest absolute Gasteiger partial charge is 0.373 e. The minimum Gasteiger partial charge on any atom is -0.323 e. The first-order valence-corrected chi connectivity index (χ1v) is 10.1. The van der Waals surface area contributed by atoms with Gasteiger partial charge in [0.1, 0.15) is 9.71 Å². The summed E-state index contributed by atoms with van der Waals surface area (Å²) in [5.74, 6) is -2.04. The smallest absolute Gasteiger partial charge is 0.323 e. The number of aryl methyl sites for hydroxylation is 1. The van der Waals surface area contributed by atoms with Crippen molar-refractivity contribution in [1.29, 1.82) is 0 Å². The summed E-state index contributed by atoms with van der Waals surface area (Å²) in [5.41, 5.74) is 2.32. The Kier molecular flexibility index (Phi) is 4.22. The minimum absolute atomic E-state index is 0.223. The van der Waals surface area contributed by atoms with Crippen molar-refractivity contribution in [2.24, 2.45) is 0 Å². The van der Waals surface area contributed by atoms with Crippen LogP contribution >= 0.6 is 11.3 Å². The third kappa shape index (κ3) is 2.89. The summed E-state index contributed by atoms with van der Waals surface area (Å²) in [6, 6.07) is 17.9. The molecular formula is C22H15N3O4S. The Bertz CT molecular complexity index is 1290. The van der Waals surface area contributed by atoms with E-state index in [-0.39, 0.29) is 11.1 Å². The number of fused-ring (bicyclic) bond motifs is 2. The predicted octanol–water partition coefficient (Wildman–Crippen LogP) is 3.82. The molecule has 0 fully saturated rings. The summed E-state index contributed by atoms with van der Waals surface area (Å²) < 4.78 is 1.84. The molecule has 0 aliphatic carbocycles. The molecule has 0 radical (unpaired) electrons. The van der Waals surface area contributed by atoms with E-state index in [2.05, 4.69) is 5.10 Å². The van der Waals surface area contributed by atoms with E-state index in [4.69, 9.17) is 4.84 Å². The maximum Gasteiger partial charge on any atom is 0.373 e. The number of carbonyl (C=O) groups excluding carboxylic acids is 3. The molecule has 0 atom stereocenters. The van der Waals surface area contributed by atoms with Crippen LogP contribution in [0.15, 0.2) is 60.7 Å². The van der Waals surface area contributed by atoms with Crippen LogP contribution in [-0.4, -0.2) is 32.6 Å². The second kappa shape index (κ2) is 6.93. The van der Waals surface area contributed by atoms with Gasteiger partial charge in [0.2, 0.25) is 0 Å². The van der Waals surface area contributed by atoms with Gasteiger partial charge in [-0.2, -0.15) is 5.10 Å². The van der Waals surface area contributed by atoms with Crippen molar-refractivity contribution >= 4 is 39.3 Å². The van der Waals surface area contributed by atoms with E-state index in [0.717, 1.165) is 21.5 Å². The van der Waals surface area contributed by atoms with Crippen molar-refractivity contribution in [2.45, 2.75) is 13.5 Å². The number of hydrogen-bond donors (Lipinski definition) is 0. The molecule has 148 valence electrons. The van der Waals surface area contributed by atoms with Gasteiger partial charge in [-0.1, -0.05) is 47.5 Å². The normalized spacial score (nSPS) is 13.2. The van der Waals surface area contributed by atoms with Gasteiger partial charge in [-0.05, 0) is 30.7 Å². The molecule has 1 aliphatic rings. The lowest BCUT2D eigenvalue weighted by Gasteiger charge is -2.11. The fourth-order valence-electron chi connectivity index (χ4n) is 3.45. The third-order valence-electron chi connectivity index (χ3n) is 4.91. The zero-order valence-corrected chi connectivity index (χ0v) is 16.7. The highest BCUT2D eigenvalue weighted by atomic mass is 32.1. The molecule has 2 aromatic carbocycles. The highest BCUT2D eigenvalue weighted by molar-refractivity contribution is 7.20. The monoisotopic (exact) mass is 417 g/mol. The molecule has 5 rings (SSSR count). The Hall–Kier alpha value is -3.78. The zero-order chi connectivity index (χ0) is 20.8. The zero-order valence-electron chi connectivity index (χ0n) is 15.9. The Morgan fingerprint density at radius 3 is 2.30 bits per heavy atom. The summed E-state index contributed by atoms with van der Waals surface area (Å²) in [7, 11) is 0. The minimum atomic E-state index is -0.753. The number of hydrogen-bond acceptors (Lipinski definition) is 6. The lowest BCUT2D eigenvalue weighted by molar-refractivity contribution is -0.0581. The number of hydroxylamine groups is 2. The van der Waals surface area contributed by atoms with Crippen molar-refractivity contribution < 1.29 is 19.2 Å². The number of benzene rings is 2. The fourth-order valence-corrected chi connectivity index (χ4v) is 4.49. The van der Waals surface area contributed by atoms with Gasteiger partial charge >= 0.3 is 5.97 Å². The van der Waals surface area contributed by atoms with E-state index >= 15 is 0 Å². The molecule has 2 aromatic heterocycles. The first-order valence-electron chi connectivity index (χ1n) is 9.24. The van der Waals surface area contributed by atoms with E-state index in [1.54, 1.807) is 18.2 Å². The van der Waals surface area contributed by atoms with Gasteiger partial charge in [-0.15, -0.1) is 11.3 Å². The molecular weight excluding hydrogens is 402 g/mol. The molecule has 4 aromatic rings. The van der Waals surface area contributed by atoms with Crippen LogP contribution in [0, 0.1) is 6.92 Å². The van der Waals surface area contributed by atoms with E-state index in [0.29, 0.717) is 16.5 Å². The van der Waals surface area contributed by atoms with Gasteiger partial charge in [0, 0.05) is 5.39 Å². The highest BCUT2D eigenvalue weighted by Crippen LogP contribution is 2.30. The molecule has 0 saturated heterocycles. The Labute approximate surface area is 175 Å². The van der Waals surface area contributed by atoms with E-state index in [1.807, 2.05) is 41.9 Å². The molecule has 2 amide bonds. The number of rotatable bonds is 4. The molecule has 30 heavy (non-hydrogen) atoms. The molecule has 8 heteroatoms. The number of aromatic nitrogens is 2. The summed E-state index contributed by atoms with van der Waals surface area (Å²) in [4.78, 5) is 43.9. The van der Waals surface area contributed by atoms with Crippen molar-refractivity contribution in [1.82, 2.24) is 14.8 Å². The molecule has 3 heterocycles. The quantitative estimate of drug-likeness (QED) is 0.472. The lowest BCUT2D eigenvalue weighted by atomic mass is 10.1. The molecule has 7 nitrogen and oxygen atoms in total. The molecule has 1 aliphatic heterocycles. The number of thiophene rings is 1. The standard InChI is InChI=1S/C22H15N3O4S/c1-13-17-11-18(30-21(17)24(23-13)12-14-7-3-2-4-8-14)22(28)29-25-19(26)15-9-5-6-10-16(15)20(25)27/h2-11H,12H2,1H3. The average Bonchev–Trinajstić information content (AvgIpc) is 3.39. The second-order valence-corrected chi connectivity index (χ2v) is 7.92. The van der Waals surface area contributed by atoms with Gasteiger partial charge in [0.05, 0.1) is 23.4 Å². The van der Waals surface area contributed by atoms with Crippen molar-refractivity contribution in [3.63, 3.8) is 0 Å². The summed E-state index contributed by atoms with van der Waals surface area (Å²) >= 11 is 1.22. The summed E-state index contributed by atoms with van der Waals surface area (Å²) in [5, 5.41) is 5.92. The number of carbonyl (C=O) groups is 3. The average molecular weight is 417 g/mol. The highest BCUT2D eigenvalue weighted by Gasteiger charge is 2.39. The maximum absolute atomic E-state index is 12.7. The Morgan fingerprint density at radius 2 is 1.63 bits per heavy atom. The maximum atomic E-state index is 12.7. The molecule has 0 saturated carbocycles. The van der Waals surface area contributed by atoms with Crippen LogP contribution < -0.4 is 0 Å². The van der Waals surface area contributed by atoms with Gasteiger partial charge < -0.3 is 4.84 Å². The topological polar surface area (TPSA) is 81.5 Å². The molecule has 0 spiro atoms. The van der Waals surface area contributed by atoms with Crippen molar-refractivity contribution in [3.8, 4) is 0 Å². The van der Waals surface area contributed by atoms with E-state index in [9.17, 15) is 14.4 Å². The van der Waals surface area contributed by atoms with Crippen molar-refractivity contribution in [2.75, 3.05) is 0 Å². The Morgan fingerprint density at radius 1 is 1.00 bits per heavy atom. The van der Waals surface area contributed by atoms with Gasteiger partial charge in [0.15, 0.2) is 0 Å². The van der Waals surface area contributed by atoms with E-state index < -0.39 is 17.8 Å². The number of amides is 2. The van der Waals surface area contributed by atoms with Crippen LogP contribution in [-0.2, 0) is 11.4 Å². The van der Waals surface area contributed by atoms with Gasteiger partial charge in [0.25, 0.3) is 11.8 Å². The Balaban J connectivity index is 1.42. The van der Waals surface area contributed by atoms with Crippen LogP contribution in [0.2, 0.25) is 0 Å². The van der Waals surface area contributed by atoms with Crippen molar-refractivity contribution in [3.05, 3.63) is 87.9 Å². The molecule has 0 N–H and O–H groups in total. The molecule has 0 unspecified atom stereocenters. The SMILES string of the molecule is Cc1nn(Cc2ccccc2)c2sc(C(=O)ON3C(=O)c4ccccc4C3=O)cc12. The number of nitrogens with zero attached hydrogens (tertiary/aromatic N) is 3. The lowest BCUT2D eigenvalue weighted by Crippen LogP contribution is -2.32. The van der Waals surface area contributed by atoms with Gasteiger partial charge in [-0.25, -0.2) is 4.79 Å². The number of imide groups is 1. The van der Waals surface area contributed by atoms with E-state index in [1.165, 1.54) is 23.5 Å². The summed E-state index contributed by atoms with van der Waals surface area (Å²) in [6.07, 6.45) is 0. The van der Waals surface area contributed by atoms with Crippen LogP contribution in [0.4, 0.5) is 0 Å². The van der Waals surface area contributed by atoms with Crippen LogP contribution in [0.3, 0.4) is 0 Å². The fraction of sp³-hybridized carbons (Fsp3) is 0.0909.